The fraction of sp³-hybridized carbons (Fsp3) is 0.0909. The van der Waals surface area contributed by atoms with E-state index in [1.165, 1.54) is 30.0 Å². The van der Waals surface area contributed by atoms with Crippen LogP contribution in [-0.4, -0.2) is 31.4 Å². The number of pyridine rings is 1. The van der Waals surface area contributed by atoms with Gasteiger partial charge in [-0.15, -0.1) is 10.2 Å². The van der Waals surface area contributed by atoms with Gasteiger partial charge in [0.05, 0.1) is 16.5 Å². The lowest BCUT2D eigenvalue weighted by Gasteiger charge is -2.12. The number of hydrogen-bond donors (Lipinski definition) is 1. The second-order valence-electron chi connectivity index (χ2n) is 6.64. The van der Waals surface area contributed by atoms with Crippen molar-refractivity contribution in [1.82, 2.24) is 19.7 Å². The number of aromatic nitrogens is 4. The van der Waals surface area contributed by atoms with Crippen LogP contribution in [0.2, 0.25) is 5.02 Å². The maximum atomic E-state index is 13.3. The Morgan fingerprint density at radius 2 is 2.00 bits per heavy atom. The maximum Gasteiger partial charge on any atom is 0.234 e. The Morgan fingerprint density at radius 3 is 2.74 bits per heavy atom. The van der Waals surface area contributed by atoms with E-state index in [4.69, 9.17) is 11.6 Å². The molecule has 0 spiro atoms. The molecule has 1 amide bonds. The van der Waals surface area contributed by atoms with Crippen LogP contribution < -0.4 is 5.32 Å². The number of nitrogens with one attached hydrogen (secondary N) is 1. The number of amides is 1. The van der Waals surface area contributed by atoms with Gasteiger partial charge in [-0.1, -0.05) is 41.6 Å². The molecule has 0 saturated heterocycles. The minimum atomic E-state index is -0.539. The van der Waals surface area contributed by atoms with Crippen molar-refractivity contribution in [1.29, 1.82) is 0 Å². The fourth-order valence-corrected chi connectivity index (χ4v) is 3.90. The highest BCUT2D eigenvalue weighted by Crippen LogP contribution is 2.29. The summed E-state index contributed by atoms with van der Waals surface area (Å²) in [7, 11) is 0. The minimum Gasteiger partial charge on any atom is -0.325 e. The molecule has 2 heterocycles. The molecule has 156 valence electrons. The first-order valence-corrected chi connectivity index (χ1v) is 10.7. The van der Waals surface area contributed by atoms with E-state index in [2.05, 4.69) is 20.5 Å². The van der Waals surface area contributed by atoms with Gasteiger partial charge in [-0.25, -0.2) is 4.39 Å². The molecule has 2 aromatic heterocycles. The number of anilines is 1. The highest BCUT2D eigenvalue weighted by atomic mass is 35.5. The molecular weight excluding hydrogens is 437 g/mol. The molecule has 0 aliphatic heterocycles. The highest BCUT2D eigenvalue weighted by Gasteiger charge is 2.18. The average Bonchev–Trinajstić information content (AvgIpc) is 3.19. The number of para-hydroxylation sites is 1. The van der Waals surface area contributed by atoms with Gasteiger partial charge >= 0.3 is 0 Å². The van der Waals surface area contributed by atoms with Crippen molar-refractivity contribution < 1.29 is 9.18 Å². The van der Waals surface area contributed by atoms with Crippen LogP contribution in [0.25, 0.3) is 17.1 Å². The van der Waals surface area contributed by atoms with Crippen LogP contribution >= 0.6 is 23.4 Å². The molecule has 0 atom stereocenters. The molecule has 0 saturated carbocycles. The second kappa shape index (κ2) is 9.28. The van der Waals surface area contributed by atoms with Crippen molar-refractivity contribution in [3.8, 4) is 17.1 Å². The molecule has 2 aromatic carbocycles. The fourth-order valence-electron chi connectivity index (χ4n) is 2.98. The first-order valence-electron chi connectivity index (χ1n) is 9.32. The van der Waals surface area contributed by atoms with Crippen LogP contribution in [0.5, 0.6) is 0 Å². The van der Waals surface area contributed by atoms with Gasteiger partial charge in [0.1, 0.15) is 5.82 Å². The van der Waals surface area contributed by atoms with Gasteiger partial charge in [-0.2, -0.15) is 0 Å². The molecule has 0 aliphatic carbocycles. The monoisotopic (exact) mass is 453 g/mol. The SMILES string of the molecule is Cc1ccccc1-n1c(SCC(=O)Nc2ccc(F)c(Cl)c2)nnc1-c1cccnc1. The molecule has 6 nitrogen and oxygen atoms in total. The Bertz CT molecular complexity index is 1230. The van der Waals surface area contributed by atoms with Gasteiger partial charge in [0.25, 0.3) is 0 Å². The van der Waals surface area contributed by atoms with Crippen LogP contribution in [0.15, 0.2) is 72.1 Å². The zero-order chi connectivity index (χ0) is 21.8. The summed E-state index contributed by atoms with van der Waals surface area (Å²) >= 11 is 7.03. The molecule has 0 radical (unpaired) electrons. The molecule has 9 heteroatoms. The number of rotatable bonds is 6. The van der Waals surface area contributed by atoms with Gasteiger partial charge < -0.3 is 5.32 Å². The van der Waals surface area contributed by atoms with Crippen LogP contribution in [0.4, 0.5) is 10.1 Å². The second-order valence-corrected chi connectivity index (χ2v) is 7.99. The smallest absolute Gasteiger partial charge is 0.234 e. The Hall–Kier alpha value is -3.23. The number of aryl methyl sites for hydroxylation is 1. The van der Waals surface area contributed by atoms with Crippen LogP contribution in [0, 0.1) is 12.7 Å². The number of carbonyl (C=O) groups is 1. The first-order chi connectivity index (χ1) is 15.0. The maximum absolute atomic E-state index is 13.3. The number of hydrogen-bond acceptors (Lipinski definition) is 5. The van der Waals surface area contributed by atoms with E-state index in [0.717, 1.165) is 16.8 Å². The summed E-state index contributed by atoms with van der Waals surface area (Å²) in [5.74, 6) is -0.0830. The minimum absolute atomic E-state index is 0.0501. The molecule has 0 bridgehead atoms. The van der Waals surface area contributed by atoms with Gasteiger partial charge in [0, 0.05) is 23.6 Å². The summed E-state index contributed by atoms with van der Waals surface area (Å²) in [5.41, 5.74) is 3.20. The summed E-state index contributed by atoms with van der Waals surface area (Å²) in [5, 5.41) is 11.9. The lowest BCUT2D eigenvalue weighted by molar-refractivity contribution is -0.113. The predicted molar refractivity (Wildman–Crippen MR) is 120 cm³/mol. The van der Waals surface area contributed by atoms with Crippen molar-refractivity contribution in [2.45, 2.75) is 12.1 Å². The van der Waals surface area contributed by atoms with Crippen molar-refractivity contribution in [2.24, 2.45) is 0 Å². The summed E-state index contributed by atoms with van der Waals surface area (Å²) < 4.78 is 15.2. The summed E-state index contributed by atoms with van der Waals surface area (Å²) in [6, 6.07) is 15.7. The van der Waals surface area contributed by atoms with E-state index >= 15 is 0 Å². The molecule has 4 rings (SSSR count). The molecule has 4 aromatic rings. The molecule has 0 fully saturated rings. The van der Waals surface area contributed by atoms with Crippen molar-refractivity contribution in [3.05, 3.63) is 83.4 Å². The molecule has 1 N–H and O–H groups in total. The van der Waals surface area contributed by atoms with E-state index < -0.39 is 5.82 Å². The Kier molecular flexibility index (Phi) is 6.29. The van der Waals surface area contributed by atoms with Crippen molar-refractivity contribution >= 4 is 35.0 Å². The third-order valence-corrected chi connectivity index (χ3v) is 5.66. The van der Waals surface area contributed by atoms with E-state index in [0.29, 0.717) is 16.7 Å². The standard InChI is InChI=1S/C22H17ClFN5OS/c1-14-5-2-3-7-19(14)29-21(15-6-4-10-25-12-15)27-28-22(29)31-13-20(30)26-16-8-9-18(24)17(23)11-16/h2-12H,13H2,1H3,(H,26,30). The Labute approximate surface area is 187 Å². The van der Waals surface area contributed by atoms with Gasteiger partial charge in [0.15, 0.2) is 11.0 Å². The molecule has 0 aliphatic rings. The largest absolute Gasteiger partial charge is 0.325 e. The molecular formula is C22H17ClFN5OS. The lowest BCUT2D eigenvalue weighted by Crippen LogP contribution is -2.14. The average molecular weight is 454 g/mol. The first kappa shape index (κ1) is 21.0. The lowest BCUT2D eigenvalue weighted by atomic mass is 10.2. The van der Waals surface area contributed by atoms with Crippen LogP contribution in [0.1, 0.15) is 5.56 Å². The molecule has 0 unspecified atom stereocenters. The van der Waals surface area contributed by atoms with Crippen LogP contribution in [0.3, 0.4) is 0 Å². The summed E-state index contributed by atoms with van der Waals surface area (Å²) in [6.07, 6.45) is 3.41. The highest BCUT2D eigenvalue weighted by molar-refractivity contribution is 7.99. The number of nitrogens with zero attached hydrogens (tertiary/aromatic N) is 4. The third kappa shape index (κ3) is 4.76. The number of halogens is 2. The van der Waals surface area contributed by atoms with Gasteiger partial charge in [-0.3, -0.25) is 14.3 Å². The third-order valence-electron chi connectivity index (χ3n) is 4.45. The van der Waals surface area contributed by atoms with Crippen molar-refractivity contribution in [2.75, 3.05) is 11.1 Å². The molecule has 31 heavy (non-hydrogen) atoms. The Morgan fingerprint density at radius 1 is 1.16 bits per heavy atom. The number of carbonyl (C=O) groups excluding carboxylic acids is 1. The summed E-state index contributed by atoms with van der Waals surface area (Å²) in [4.78, 5) is 16.6. The van der Waals surface area contributed by atoms with Gasteiger partial charge in [-0.05, 0) is 48.9 Å². The normalized spacial score (nSPS) is 10.8. The van der Waals surface area contributed by atoms with E-state index in [9.17, 15) is 9.18 Å². The summed E-state index contributed by atoms with van der Waals surface area (Å²) in [6.45, 7) is 2.00. The van der Waals surface area contributed by atoms with Gasteiger partial charge in [0.2, 0.25) is 5.91 Å². The van der Waals surface area contributed by atoms with Crippen LogP contribution in [-0.2, 0) is 4.79 Å². The predicted octanol–water partition coefficient (Wildman–Crippen LogP) is 5.16. The van der Waals surface area contributed by atoms with E-state index in [1.54, 1.807) is 12.4 Å². The Balaban J connectivity index is 1.59. The zero-order valence-corrected chi connectivity index (χ0v) is 18.0. The number of thioether (sulfide) groups is 1. The topological polar surface area (TPSA) is 72.7 Å². The van der Waals surface area contributed by atoms with Crippen molar-refractivity contribution in [3.63, 3.8) is 0 Å². The quantitative estimate of drug-likeness (QED) is 0.408. The number of benzene rings is 2. The van der Waals surface area contributed by atoms with E-state index in [-0.39, 0.29) is 16.7 Å². The van der Waals surface area contributed by atoms with E-state index in [1.807, 2.05) is 47.9 Å². The zero-order valence-electron chi connectivity index (χ0n) is 16.4.